The Morgan fingerprint density at radius 3 is 2.74 bits per heavy atom. The van der Waals surface area contributed by atoms with Crippen LogP contribution in [0.4, 0.5) is 0 Å². The molecule has 2 aromatic heterocycles. The SMILES string of the molecule is Clc1ccc2cnnc(OCc3ccccc3)c2n1. The van der Waals surface area contributed by atoms with Crippen LogP contribution in [0.2, 0.25) is 5.15 Å². The highest BCUT2D eigenvalue weighted by Gasteiger charge is 2.07. The summed E-state index contributed by atoms with van der Waals surface area (Å²) in [5, 5.41) is 9.12. The van der Waals surface area contributed by atoms with Gasteiger partial charge in [0.05, 0.1) is 6.20 Å². The second-order valence-corrected chi connectivity index (χ2v) is 4.38. The fraction of sp³-hybridized carbons (Fsp3) is 0.0714. The normalized spacial score (nSPS) is 10.6. The molecular formula is C14H10ClN3O. The summed E-state index contributed by atoms with van der Waals surface area (Å²) in [5.41, 5.74) is 1.68. The summed E-state index contributed by atoms with van der Waals surface area (Å²) in [7, 11) is 0. The van der Waals surface area contributed by atoms with Crippen LogP contribution in [0.1, 0.15) is 5.56 Å². The molecule has 5 heteroatoms. The highest BCUT2D eigenvalue weighted by Crippen LogP contribution is 2.22. The van der Waals surface area contributed by atoms with Crippen LogP contribution in [0.25, 0.3) is 10.9 Å². The first-order valence-corrected chi connectivity index (χ1v) is 6.15. The zero-order valence-electron chi connectivity index (χ0n) is 9.95. The molecule has 2 heterocycles. The Balaban J connectivity index is 1.90. The second-order valence-electron chi connectivity index (χ2n) is 4.00. The summed E-state index contributed by atoms with van der Waals surface area (Å²) in [5.74, 6) is 0.392. The predicted molar refractivity (Wildman–Crippen MR) is 73.1 cm³/mol. The Labute approximate surface area is 115 Å². The minimum atomic E-state index is 0.392. The summed E-state index contributed by atoms with van der Waals surface area (Å²) in [6, 6.07) is 13.4. The number of rotatable bonds is 3. The van der Waals surface area contributed by atoms with Gasteiger partial charge in [0.2, 0.25) is 0 Å². The Morgan fingerprint density at radius 1 is 1.05 bits per heavy atom. The molecule has 19 heavy (non-hydrogen) atoms. The summed E-state index contributed by atoms with van der Waals surface area (Å²) < 4.78 is 5.67. The maximum atomic E-state index is 5.89. The van der Waals surface area contributed by atoms with E-state index in [1.807, 2.05) is 36.4 Å². The van der Waals surface area contributed by atoms with Crippen molar-refractivity contribution in [1.82, 2.24) is 15.2 Å². The molecule has 0 aliphatic carbocycles. The smallest absolute Gasteiger partial charge is 0.260 e. The number of benzene rings is 1. The van der Waals surface area contributed by atoms with Crippen LogP contribution >= 0.6 is 11.6 Å². The summed E-state index contributed by atoms with van der Waals surface area (Å²) in [6.07, 6.45) is 1.63. The number of pyridine rings is 1. The molecule has 0 radical (unpaired) electrons. The summed E-state index contributed by atoms with van der Waals surface area (Å²) >= 11 is 5.89. The van der Waals surface area contributed by atoms with Crippen molar-refractivity contribution in [2.45, 2.75) is 6.61 Å². The number of aromatic nitrogens is 3. The average Bonchev–Trinajstić information content (AvgIpc) is 2.46. The van der Waals surface area contributed by atoms with Gasteiger partial charge in [0.1, 0.15) is 17.3 Å². The van der Waals surface area contributed by atoms with Crippen molar-refractivity contribution in [1.29, 1.82) is 0 Å². The van der Waals surface area contributed by atoms with Gasteiger partial charge >= 0.3 is 0 Å². The van der Waals surface area contributed by atoms with E-state index in [2.05, 4.69) is 15.2 Å². The molecule has 0 amide bonds. The topological polar surface area (TPSA) is 47.9 Å². The lowest BCUT2D eigenvalue weighted by Crippen LogP contribution is -2.00. The zero-order chi connectivity index (χ0) is 13.1. The highest BCUT2D eigenvalue weighted by molar-refractivity contribution is 6.29. The van der Waals surface area contributed by atoms with Crippen LogP contribution in [0.15, 0.2) is 48.7 Å². The van der Waals surface area contributed by atoms with E-state index >= 15 is 0 Å². The van der Waals surface area contributed by atoms with Crippen LogP contribution in [0.3, 0.4) is 0 Å². The fourth-order valence-corrected chi connectivity index (χ4v) is 1.88. The third-order valence-electron chi connectivity index (χ3n) is 2.66. The Hall–Kier alpha value is -2.20. The van der Waals surface area contributed by atoms with Gasteiger partial charge in [-0.3, -0.25) is 0 Å². The average molecular weight is 272 g/mol. The van der Waals surface area contributed by atoms with Gasteiger partial charge in [-0.2, -0.15) is 5.10 Å². The molecule has 3 rings (SSSR count). The predicted octanol–water partition coefficient (Wildman–Crippen LogP) is 3.26. The molecule has 0 aliphatic rings. The van der Waals surface area contributed by atoms with Gasteiger partial charge in [-0.05, 0) is 17.7 Å². The molecule has 0 N–H and O–H groups in total. The number of ether oxygens (including phenoxy) is 1. The van der Waals surface area contributed by atoms with Gasteiger partial charge < -0.3 is 4.74 Å². The van der Waals surface area contributed by atoms with E-state index in [9.17, 15) is 0 Å². The van der Waals surface area contributed by atoms with Crippen molar-refractivity contribution in [3.8, 4) is 5.88 Å². The van der Waals surface area contributed by atoms with E-state index in [0.29, 0.717) is 23.2 Å². The standard InChI is InChI=1S/C14H10ClN3O/c15-12-7-6-11-8-16-18-14(13(11)17-12)19-9-10-4-2-1-3-5-10/h1-8H,9H2. The molecule has 0 saturated heterocycles. The second kappa shape index (κ2) is 5.20. The highest BCUT2D eigenvalue weighted by atomic mass is 35.5. The summed E-state index contributed by atoms with van der Waals surface area (Å²) in [6.45, 7) is 0.419. The number of fused-ring (bicyclic) bond motifs is 1. The maximum Gasteiger partial charge on any atom is 0.260 e. The van der Waals surface area contributed by atoms with E-state index in [4.69, 9.17) is 16.3 Å². The molecule has 3 aromatic rings. The molecule has 0 unspecified atom stereocenters. The first-order valence-electron chi connectivity index (χ1n) is 5.77. The Kier molecular flexibility index (Phi) is 3.25. The number of nitrogens with zero attached hydrogens (tertiary/aromatic N) is 3. The van der Waals surface area contributed by atoms with E-state index in [-0.39, 0.29) is 0 Å². The molecule has 0 atom stereocenters. The largest absolute Gasteiger partial charge is 0.470 e. The minimum absolute atomic E-state index is 0.392. The Bertz CT molecular complexity index is 703. The van der Waals surface area contributed by atoms with Crippen molar-refractivity contribution in [2.24, 2.45) is 0 Å². The van der Waals surface area contributed by atoms with Crippen LogP contribution in [-0.4, -0.2) is 15.2 Å². The van der Waals surface area contributed by atoms with Crippen molar-refractivity contribution in [2.75, 3.05) is 0 Å². The molecule has 0 aliphatic heterocycles. The maximum absolute atomic E-state index is 5.89. The fourth-order valence-electron chi connectivity index (χ4n) is 1.74. The zero-order valence-corrected chi connectivity index (χ0v) is 10.7. The number of halogens is 1. The molecule has 4 nitrogen and oxygen atoms in total. The van der Waals surface area contributed by atoms with E-state index in [1.54, 1.807) is 12.3 Å². The molecule has 1 aromatic carbocycles. The minimum Gasteiger partial charge on any atom is -0.470 e. The monoisotopic (exact) mass is 271 g/mol. The number of hydrogen-bond acceptors (Lipinski definition) is 4. The molecule has 0 fully saturated rings. The van der Waals surface area contributed by atoms with Crippen LogP contribution in [0, 0.1) is 0 Å². The van der Waals surface area contributed by atoms with Crippen LogP contribution in [-0.2, 0) is 6.61 Å². The number of hydrogen-bond donors (Lipinski definition) is 0. The van der Waals surface area contributed by atoms with Crippen molar-refractivity contribution in [3.63, 3.8) is 0 Å². The van der Waals surface area contributed by atoms with E-state index in [0.717, 1.165) is 10.9 Å². The van der Waals surface area contributed by atoms with E-state index in [1.165, 1.54) is 0 Å². The van der Waals surface area contributed by atoms with Gasteiger partial charge in [0, 0.05) is 5.39 Å². The Morgan fingerprint density at radius 2 is 1.89 bits per heavy atom. The van der Waals surface area contributed by atoms with E-state index < -0.39 is 0 Å². The van der Waals surface area contributed by atoms with Crippen molar-refractivity contribution >= 4 is 22.5 Å². The molecule has 0 spiro atoms. The van der Waals surface area contributed by atoms with Crippen molar-refractivity contribution in [3.05, 3.63) is 59.4 Å². The van der Waals surface area contributed by atoms with Crippen molar-refractivity contribution < 1.29 is 4.74 Å². The third kappa shape index (κ3) is 2.63. The van der Waals surface area contributed by atoms with Gasteiger partial charge in [-0.15, -0.1) is 5.10 Å². The lowest BCUT2D eigenvalue weighted by molar-refractivity contribution is 0.294. The molecule has 94 valence electrons. The first-order chi connectivity index (χ1) is 9.33. The quantitative estimate of drug-likeness (QED) is 0.686. The molecule has 0 bridgehead atoms. The van der Waals surface area contributed by atoms with Crippen LogP contribution in [0.5, 0.6) is 5.88 Å². The third-order valence-corrected chi connectivity index (χ3v) is 2.87. The lowest BCUT2D eigenvalue weighted by Gasteiger charge is -2.06. The molecule has 0 saturated carbocycles. The summed E-state index contributed by atoms with van der Waals surface area (Å²) in [4.78, 5) is 4.23. The van der Waals surface area contributed by atoms with Gasteiger partial charge in [0.15, 0.2) is 0 Å². The van der Waals surface area contributed by atoms with Gasteiger partial charge in [-0.25, -0.2) is 4.98 Å². The first kappa shape index (κ1) is 11.9. The van der Waals surface area contributed by atoms with Gasteiger partial charge in [0.25, 0.3) is 5.88 Å². The van der Waals surface area contributed by atoms with Crippen LogP contribution < -0.4 is 4.74 Å². The van der Waals surface area contributed by atoms with Gasteiger partial charge in [-0.1, -0.05) is 41.9 Å². The lowest BCUT2D eigenvalue weighted by atomic mass is 10.2. The molecular weight excluding hydrogens is 262 g/mol.